The molecule has 1 fully saturated rings. The summed E-state index contributed by atoms with van der Waals surface area (Å²) in [6, 6.07) is 12.9. The fraction of sp³-hybridized carbons (Fsp3) is 0.211. The predicted octanol–water partition coefficient (Wildman–Crippen LogP) is 3.58. The Hall–Kier alpha value is -3.55. The van der Waals surface area contributed by atoms with Crippen molar-refractivity contribution in [1.29, 1.82) is 0 Å². The molecule has 0 spiro atoms. The van der Waals surface area contributed by atoms with E-state index in [9.17, 15) is 10.1 Å². The van der Waals surface area contributed by atoms with E-state index in [0.717, 1.165) is 36.7 Å². The highest BCUT2D eigenvalue weighted by atomic mass is 16.6. The number of hydrogen-bond donors (Lipinski definition) is 1. The summed E-state index contributed by atoms with van der Waals surface area (Å²) in [4.78, 5) is 13.2. The Bertz CT molecular complexity index is 1010. The van der Waals surface area contributed by atoms with Gasteiger partial charge < -0.3 is 4.90 Å². The molecule has 3 aromatic rings. The normalized spacial score (nSPS) is 14.1. The molecule has 136 valence electrons. The van der Waals surface area contributed by atoms with Gasteiger partial charge >= 0.3 is 0 Å². The maximum absolute atomic E-state index is 11.5. The van der Waals surface area contributed by atoms with E-state index >= 15 is 0 Å². The lowest BCUT2D eigenvalue weighted by atomic mass is 10.1. The zero-order chi connectivity index (χ0) is 18.6. The molecule has 0 unspecified atom stereocenters. The lowest BCUT2D eigenvalue weighted by molar-refractivity contribution is -0.384. The van der Waals surface area contributed by atoms with Crippen LogP contribution in [-0.2, 0) is 0 Å². The number of nitro benzene ring substituents is 1. The van der Waals surface area contributed by atoms with Gasteiger partial charge in [-0.15, -0.1) is 5.10 Å². The summed E-state index contributed by atoms with van der Waals surface area (Å²) >= 11 is 0. The standard InChI is InChI=1S/C19H18N6O2/c26-25(27)18-11-14(7-8-17(18)24-9-3-4-10-24)12-20-22-19-16-6-2-1-5-15(16)13-21-23-19/h1-2,5-8,11-13H,3-4,9-10H2,(H,22,23). The molecule has 1 N–H and O–H groups in total. The first-order valence-corrected chi connectivity index (χ1v) is 8.75. The van der Waals surface area contributed by atoms with E-state index in [4.69, 9.17) is 0 Å². The number of anilines is 2. The minimum Gasteiger partial charge on any atom is -0.366 e. The van der Waals surface area contributed by atoms with Crippen LogP contribution >= 0.6 is 0 Å². The maximum Gasteiger partial charge on any atom is 0.293 e. The van der Waals surface area contributed by atoms with Gasteiger partial charge in [-0.25, -0.2) is 0 Å². The van der Waals surface area contributed by atoms with Crippen molar-refractivity contribution in [2.75, 3.05) is 23.4 Å². The number of nitrogens with one attached hydrogen (secondary N) is 1. The molecule has 4 rings (SSSR count). The van der Waals surface area contributed by atoms with Crippen LogP contribution in [0.15, 0.2) is 53.8 Å². The van der Waals surface area contributed by atoms with Gasteiger partial charge in [-0.2, -0.15) is 10.2 Å². The van der Waals surface area contributed by atoms with Gasteiger partial charge in [0.1, 0.15) is 5.69 Å². The second-order valence-corrected chi connectivity index (χ2v) is 6.35. The van der Waals surface area contributed by atoms with Crippen LogP contribution < -0.4 is 10.3 Å². The first kappa shape index (κ1) is 16.9. The fourth-order valence-electron chi connectivity index (χ4n) is 3.27. The van der Waals surface area contributed by atoms with Crippen molar-refractivity contribution in [2.45, 2.75) is 12.8 Å². The summed E-state index contributed by atoms with van der Waals surface area (Å²) in [5.74, 6) is 0.535. The second kappa shape index (κ2) is 7.36. The van der Waals surface area contributed by atoms with Crippen molar-refractivity contribution < 1.29 is 4.92 Å². The van der Waals surface area contributed by atoms with Crippen molar-refractivity contribution in [3.05, 3.63) is 64.3 Å². The molecule has 0 bridgehead atoms. The van der Waals surface area contributed by atoms with Crippen LogP contribution in [0.4, 0.5) is 17.2 Å². The molecule has 0 radical (unpaired) electrons. The van der Waals surface area contributed by atoms with Crippen LogP contribution in [0.1, 0.15) is 18.4 Å². The minimum absolute atomic E-state index is 0.103. The van der Waals surface area contributed by atoms with E-state index in [1.165, 1.54) is 0 Å². The van der Waals surface area contributed by atoms with E-state index in [-0.39, 0.29) is 10.6 Å². The van der Waals surface area contributed by atoms with E-state index in [0.29, 0.717) is 17.1 Å². The van der Waals surface area contributed by atoms with E-state index in [1.807, 2.05) is 30.3 Å². The lowest BCUT2D eigenvalue weighted by Crippen LogP contribution is -2.19. The summed E-state index contributed by atoms with van der Waals surface area (Å²) < 4.78 is 0. The molecule has 27 heavy (non-hydrogen) atoms. The number of aromatic nitrogens is 2. The highest BCUT2D eigenvalue weighted by Gasteiger charge is 2.22. The monoisotopic (exact) mass is 362 g/mol. The van der Waals surface area contributed by atoms with Crippen molar-refractivity contribution >= 4 is 34.2 Å². The SMILES string of the molecule is O=[N+]([O-])c1cc(C=NNc2nncc3ccccc23)ccc1N1CCCC1. The summed E-state index contributed by atoms with van der Waals surface area (Å²) in [5, 5.41) is 25.5. The van der Waals surface area contributed by atoms with Crippen molar-refractivity contribution in [1.82, 2.24) is 10.2 Å². The Balaban J connectivity index is 1.56. The summed E-state index contributed by atoms with van der Waals surface area (Å²) in [5.41, 5.74) is 4.29. The first-order chi connectivity index (χ1) is 13.2. The molecule has 2 aromatic carbocycles. The molecule has 1 aliphatic heterocycles. The second-order valence-electron chi connectivity index (χ2n) is 6.35. The molecule has 1 saturated heterocycles. The molecule has 8 heteroatoms. The Morgan fingerprint density at radius 3 is 2.81 bits per heavy atom. The Morgan fingerprint density at radius 2 is 2.00 bits per heavy atom. The Labute approximate surface area is 155 Å². The van der Waals surface area contributed by atoms with Gasteiger partial charge in [-0.1, -0.05) is 30.3 Å². The molecule has 2 heterocycles. The Kier molecular flexibility index (Phi) is 4.61. The van der Waals surface area contributed by atoms with Gasteiger partial charge in [0, 0.05) is 35.5 Å². The van der Waals surface area contributed by atoms with Crippen LogP contribution in [-0.4, -0.2) is 34.4 Å². The first-order valence-electron chi connectivity index (χ1n) is 8.75. The molecule has 8 nitrogen and oxygen atoms in total. The number of nitrogens with zero attached hydrogens (tertiary/aromatic N) is 5. The van der Waals surface area contributed by atoms with Gasteiger partial charge in [-0.05, 0) is 18.9 Å². The molecule has 0 atom stereocenters. The highest BCUT2D eigenvalue weighted by Crippen LogP contribution is 2.31. The topological polar surface area (TPSA) is 96.5 Å². The number of hydrogen-bond acceptors (Lipinski definition) is 7. The molecule has 1 aliphatic rings. The average Bonchev–Trinajstić information content (AvgIpc) is 3.23. The average molecular weight is 362 g/mol. The third kappa shape index (κ3) is 3.55. The number of hydrazone groups is 1. The van der Waals surface area contributed by atoms with Crippen LogP contribution in [0.3, 0.4) is 0 Å². The highest BCUT2D eigenvalue weighted by molar-refractivity contribution is 5.91. The van der Waals surface area contributed by atoms with Gasteiger partial charge in [-0.3, -0.25) is 15.5 Å². The van der Waals surface area contributed by atoms with Crippen molar-refractivity contribution in [3.8, 4) is 0 Å². The van der Waals surface area contributed by atoms with Crippen LogP contribution in [0.25, 0.3) is 10.8 Å². The summed E-state index contributed by atoms with van der Waals surface area (Å²) in [6.07, 6.45) is 5.36. The zero-order valence-corrected chi connectivity index (χ0v) is 14.6. The summed E-state index contributed by atoms with van der Waals surface area (Å²) in [7, 11) is 0. The van der Waals surface area contributed by atoms with E-state index in [2.05, 4.69) is 25.6 Å². The van der Waals surface area contributed by atoms with Crippen molar-refractivity contribution in [2.24, 2.45) is 5.10 Å². The number of nitro groups is 1. The molecular weight excluding hydrogens is 344 g/mol. The number of fused-ring (bicyclic) bond motifs is 1. The largest absolute Gasteiger partial charge is 0.366 e. The third-order valence-corrected chi connectivity index (χ3v) is 4.60. The molecule has 1 aromatic heterocycles. The minimum atomic E-state index is -0.339. The van der Waals surface area contributed by atoms with Crippen LogP contribution in [0, 0.1) is 10.1 Å². The van der Waals surface area contributed by atoms with E-state index in [1.54, 1.807) is 24.5 Å². The predicted molar refractivity (Wildman–Crippen MR) is 105 cm³/mol. The van der Waals surface area contributed by atoms with Gasteiger partial charge in [0.25, 0.3) is 5.69 Å². The smallest absolute Gasteiger partial charge is 0.293 e. The maximum atomic E-state index is 11.5. The van der Waals surface area contributed by atoms with Crippen LogP contribution in [0.5, 0.6) is 0 Å². The zero-order valence-electron chi connectivity index (χ0n) is 14.6. The summed E-state index contributed by atoms with van der Waals surface area (Å²) in [6.45, 7) is 1.71. The van der Waals surface area contributed by atoms with Gasteiger partial charge in [0.15, 0.2) is 5.82 Å². The van der Waals surface area contributed by atoms with Gasteiger partial charge in [0.2, 0.25) is 0 Å². The quantitative estimate of drug-likeness (QED) is 0.423. The van der Waals surface area contributed by atoms with Gasteiger partial charge in [0.05, 0.1) is 17.3 Å². The third-order valence-electron chi connectivity index (χ3n) is 4.60. The Morgan fingerprint density at radius 1 is 1.19 bits per heavy atom. The van der Waals surface area contributed by atoms with Crippen molar-refractivity contribution in [3.63, 3.8) is 0 Å². The molecule has 0 amide bonds. The number of benzene rings is 2. The van der Waals surface area contributed by atoms with Crippen LogP contribution in [0.2, 0.25) is 0 Å². The molecule has 0 aliphatic carbocycles. The van der Waals surface area contributed by atoms with E-state index < -0.39 is 0 Å². The molecule has 0 saturated carbocycles. The molecular formula is C19H18N6O2. The lowest BCUT2D eigenvalue weighted by Gasteiger charge is -2.17. The number of rotatable bonds is 5. The fourth-order valence-corrected chi connectivity index (χ4v) is 3.27.